The molecule has 0 saturated carbocycles. The molecule has 0 aliphatic carbocycles. The maximum absolute atomic E-state index is 6.07. The lowest BCUT2D eigenvalue weighted by molar-refractivity contribution is 0.530. The van der Waals surface area contributed by atoms with Crippen LogP contribution in [0.3, 0.4) is 0 Å². The predicted octanol–water partition coefficient (Wildman–Crippen LogP) is 3.14. The summed E-state index contributed by atoms with van der Waals surface area (Å²) in [6.45, 7) is 1.99. The van der Waals surface area contributed by atoms with Crippen LogP contribution in [0.25, 0.3) is 11.3 Å². The van der Waals surface area contributed by atoms with Crippen molar-refractivity contribution in [2.75, 3.05) is 5.73 Å². The number of anilines is 1. The second kappa shape index (κ2) is 3.95. The summed E-state index contributed by atoms with van der Waals surface area (Å²) < 4.78 is 5.28. The van der Waals surface area contributed by atoms with Gasteiger partial charge in [0.05, 0.1) is 5.02 Å². The van der Waals surface area contributed by atoms with Crippen LogP contribution in [-0.4, -0.2) is 4.98 Å². The number of hydrogen-bond acceptors (Lipinski definition) is 3. The average molecular weight is 223 g/mol. The van der Waals surface area contributed by atoms with Gasteiger partial charge in [0, 0.05) is 12.0 Å². The Balaban J connectivity index is 2.58. The molecule has 2 rings (SSSR count). The van der Waals surface area contributed by atoms with Crippen molar-refractivity contribution >= 4 is 17.6 Å². The van der Waals surface area contributed by atoms with E-state index in [4.69, 9.17) is 21.8 Å². The Hall–Kier alpha value is -1.48. The first-order valence-corrected chi connectivity index (χ1v) is 5.10. The summed E-state index contributed by atoms with van der Waals surface area (Å²) in [5.41, 5.74) is 7.12. The number of nitrogen functional groups attached to an aromatic ring is 1. The monoisotopic (exact) mass is 222 g/mol. The number of nitrogens with zero attached hydrogens (tertiary/aromatic N) is 1. The van der Waals surface area contributed by atoms with Crippen molar-refractivity contribution in [3.8, 4) is 11.3 Å². The molecule has 0 radical (unpaired) electrons. The summed E-state index contributed by atoms with van der Waals surface area (Å²) in [6.07, 6.45) is 0.741. The van der Waals surface area contributed by atoms with Crippen LogP contribution in [0.2, 0.25) is 5.02 Å². The van der Waals surface area contributed by atoms with E-state index in [0.717, 1.165) is 23.4 Å². The smallest absolute Gasteiger partial charge is 0.292 e. The average Bonchev–Trinajstić information content (AvgIpc) is 2.60. The van der Waals surface area contributed by atoms with E-state index in [2.05, 4.69) is 4.98 Å². The third-order valence-electron chi connectivity index (χ3n) is 2.16. The molecule has 0 fully saturated rings. The van der Waals surface area contributed by atoms with Gasteiger partial charge in [-0.25, -0.2) is 0 Å². The zero-order valence-corrected chi connectivity index (χ0v) is 9.08. The van der Waals surface area contributed by atoms with E-state index in [1.54, 1.807) is 0 Å². The highest BCUT2D eigenvalue weighted by atomic mass is 35.5. The molecular formula is C11H11ClN2O. The highest BCUT2D eigenvalue weighted by Crippen LogP contribution is 2.30. The molecule has 0 atom stereocenters. The quantitative estimate of drug-likeness (QED) is 0.849. The van der Waals surface area contributed by atoms with Gasteiger partial charge in [0.1, 0.15) is 11.5 Å². The van der Waals surface area contributed by atoms with Crippen LogP contribution in [0.5, 0.6) is 0 Å². The lowest BCUT2D eigenvalue weighted by atomic mass is 10.1. The molecule has 0 unspecified atom stereocenters. The number of aromatic nitrogens is 1. The van der Waals surface area contributed by atoms with Gasteiger partial charge >= 0.3 is 0 Å². The van der Waals surface area contributed by atoms with Crippen LogP contribution in [0.15, 0.2) is 28.7 Å². The van der Waals surface area contributed by atoms with E-state index in [-0.39, 0.29) is 6.01 Å². The molecule has 2 N–H and O–H groups in total. The lowest BCUT2D eigenvalue weighted by Gasteiger charge is -2.00. The van der Waals surface area contributed by atoms with Crippen LogP contribution >= 0.6 is 11.6 Å². The minimum Gasteiger partial charge on any atom is -0.428 e. The molecule has 1 aromatic carbocycles. The zero-order valence-electron chi connectivity index (χ0n) is 8.33. The normalized spacial score (nSPS) is 10.5. The van der Waals surface area contributed by atoms with Gasteiger partial charge < -0.3 is 10.2 Å². The molecule has 1 aromatic heterocycles. The summed E-state index contributed by atoms with van der Waals surface area (Å²) >= 11 is 6.07. The number of oxazole rings is 1. The number of halogens is 1. The number of benzene rings is 1. The van der Waals surface area contributed by atoms with Crippen molar-refractivity contribution in [3.05, 3.63) is 35.0 Å². The summed E-state index contributed by atoms with van der Waals surface area (Å²) in [5.74, 6) is 0.764. The first kappa shape index (κ1) is 10.1. The van der Waals surface area contributed by atoms with Gasteiger partial charge in [-0.2, -0.15) is 4.98 Å². The maximum Gasteiger partial charge on any atom is 0.292 e. The summed E-state index contributed by atoms with van der Waals surface area (Å²) in [4.78, 5) is 4.14. The minimum atomic E-state index is 0.182. The van der Waals surface area contributed by atoms with Gasteiger partial charge in [0.15, 0.2) is 0 Å². The van der Waals surface area contributed by atoms with Gasteiger partial charge in [-0.1, -0.05) is 36.7 Å². The molecule has 2 aromatic rings. The maximum atomic E-state index is 6.07. The van der Waals surface area contributed by atoms with Crippen molar-refractivity contribution in [2.45, 2.75) is 13.3 Å². The van der Waals surface area contributed by atoms with Crippen LogP contribution in [0.1, 0.15) is 12.7 Å². The Morgan fingerprint density at radius 3 is 2.80 bits per heavy atom. The summed E-state index contributed by atoms with van der Waals surface area (Å²) in [7, 11) is 0. The molecule has 4 heteroatoms. The van der Waals surface area contributed by atoms with Crippen molar-refractivity contribution in [3.63, 3.8) is 0 Å². The van der Waals surface area contributed by atoms with Crippen LogP contribution in [-0.2, 0) is 6.42 Å². The zero-order chi connectivity index (χ0) is 10.8. The number of hydrogen-bond donors (Lipinski definition) is 1. The number of nitrogens with two attached hydrogens (primary N) is 1. The van der Waals surface area contributed by atoms with Crippen molar-refractivity contribution in [1.29, 1.82) is 0 Å². The standard InChI is InChI=1S/C11H11ClN2O/c1-2-9-10(14-11(13)15-9)7-5-3-4-6-8(7)12/h3-6H,2H2,1H3,(H2,13,14). The van der Waals surface area contributed by atoms with E-state index < -0.39 is 0 Å². The van der Waals surface area contributed by atoms with Gasteiger partial charge in [-0.15, -0.1) is 0 Å². The SMILES string of the molecule is CCc1oc(N)nc1-c1ccccc1Cl. The van der Waals surface area contributed by atoms with E-state index in [1.165, 1.54) is 0 Å². The third kappa shape index (κ3) is 1.83. The highest BCUT2D eigenvalue weighted by Gasteiger charge is 2.13. The minimum absolute atomic E-state index is 0.182. The van der Waals surface area contributed by atoms with Gasteiger partial charge in [-0.05, 0) is 6.07 Å². The van der Waals surface area contributed by atoms with Crippen molar-refractivity contribution in [2.24, 2.45) is 0 Å². The van der Waals surface area contributed by atoms with Crippen LogP contribution in [0, 0.1) is 0 Å². The molecule has 0 aliphatic heterocycles. The molecule has 0 saturated heterocycles. The molecule has 1 heterocycles. The summed E-state index contributed by atoms with van der Waals surface area (Å²) in [5, 5.41) is 0.653. The Morgan fingerprint density at radius 2 is 2.13 bits per heavy atom. The molecule has 78 valence electrons. The van der Waals surface area contributed by atoms with Crippen molar-refractivity contribution < 1.29 is 4.42 Å². The first-order chi connectivity index (χ1) is 7.22. The molecule has 3 nitrogen and oxygen atoms in total. The molecule has 0 amide bonds. The van der Waals surface area contributed by atoms with E-state index in [9.17, 15) is 0 Å². The Kier molecular flexibility index (Phi) is 2.64. The van der Waals surface area contributed by atoms with E-state index >= 15 is 0 Å². The molecule has 0 spiro atoms. The fraction of sp³-hybridized carbons (Fsp3) is 0.182. The van der Waals surface area contributed by atoms with E-state index in [1.807, 2.05) is 31.2 Å². The lowest BCUT2D eigenvalue weighted by Crippen LogP contribution is -1.86. The largest absolute Gasteiger partial charge is 0.428 e. The van der Waals surface area contributed by atoms with Crippen LogP contribution < -0.4 is 5.73 Å². The summed E-state index contributed by atoms with van der Waals surface area (Å²) in [6, 6.07) is 7.69. The van der Waals surface area contributed by atoms with Gasteiger partial charge in [-0.3, -0.25) is 0 Å². The highest BCUT2D eigenvalue weighted by molar-refractivity contribution is 6.33. The second-order valence-electron chi connectivity index (χ2n) is 3.16. The van der Waals surface area contributed by atoms with Gasteiger partial charge in [0.2, 0.25) is 0 Å². The molecule has 0 bridgehead atoms. The van der Waals surface area contributed by atoms with Gasteiger partial charge in [0.25, 0.3) is 6.01 Å². The molecular weight excluding hydrogens is 212 g/mol. The molecule has 15 heavy (non-hydrogen) atoms. The topological polar surface area (TPSA) is 52.0 Å². The Labute approximate surface area is 92.9 Å². The Morgan fingerprint density at radius 1 is 1.40 bits per heavy atom. The fourth-order valence-electron chi connectivity index (χ4n) is 1.47. The number of aryl methyl sites for hydroxylation is 1. The third-order valence-corrected chi connectivity index (χ3v) is 2.49. The van der Waals surface area contributed by atoms with E-state index in [0.29, 0.717) is 5.02 Å². The Bertz CT molecular complexity index is 479. The molecule has 0 aliphatic rings. The van der Waals surface area contributed by atoms with Crippen molar-refractivity contribution in [1.82, 2.24) is 4.98 Å². The first-order valence-electron chi connectivity index (χ1n) is 4.72. The second-order valence-corrected chi connectivity index (χ2v) is 3.56. The number of rotatable bonds is 2. The predicted molar refractivity (Wildman–Crippen MR) is 60.7 cm³/mol. The fourth-order valence-corrected chi connectivity index (χ4v) is 1.70. The van der Waals surface area contributed by atoms with Crippen LogP contribution in [0.4, 0.5) is 6.01 Å².